The number of halogens is 1. The number of hydrogen-bond acceptors (Lipinski definition) is 3. The number of hydrogen-bond donors (Lipinski definition) is 3. The van der Waals surface area contributed by atoms with E-state index in [1.54, 1.807) is 24.3 Å². The first kappa shape index (κ1) is 17.5. The Kier molecular flexibility index (Phi) is 5.80. The van der Waals surface area contributed by atoms with E-state index in [0.29, 0.717) is 11.4 Å². The number of aliphatic hydroxyl groups is 1. The zero-order chi connectivity index (χ0) is 17.0. The summed E-state index contributed by atoms with van der Waals surface area (Å²) in [5.74, 6) is -0.277. The molecule has 0 spiro atoms. The van der Waals surface area contributed by atoms with Crippen LogP contribution in [0.5, 0.6) is 0 Å². The lowest BCUT2D eigenvalue weighted by atomic mass is 9.99. The maximum absolute atomic E-state index is 12.2. The van der Waals surface area contributed by atoms with E-state index in [9.17, 15) is 9.90 Å². The Balaban J connectivity index is 1.87. The van der Waals surface area contributed by atoms with Crippen molar-refractivity contribution in [2.45, 2.75) is 33.3 Å². The summed E-state index contributed by atoms with van der Waals surface area (Å²) >= 11 is 5.82. The van der Waals surface area contributed by atoms with Gasteiger partial charge in [0, 0.05) is 23.2 Å². The molecular formula is C17H22ClN3O2. The van der Waals surface area contributed by atoms with Gasteiger partial charge in [0.05, 0.1) is 11.8 Å². The van der Waals surface area contributed by atoms with E-state index in [4.69, 9.17) is 11.6 Å². The number of nitrogens with zero attached hydrogens (tertiary/aromatic N) is 1. The molecule has 0 aliphatic heterocycles. The van der Waals surface area contributed by atoms with Gasteiger partial charge in [-0.25, -0.2) is 0 Å². The van der Waals surface area contributed by atoms with Crippen LogP contribution in [0.4, 0.5) is 0 Å². The number of amides is 1. The number of carbonyl (C=O) groups is 1. The molecule has 0 aliphatic rings. The van der Waals surface area contributed by atoms with Gasteiger partial charge in [-0.15, -0.1) is 0 Å². The maximum atomic E-state index is 12.2. The summed E-state index contributed by atoms with van der Waals surface area (Å²) in [5, 5.41) is 20.6. The molecule has 23 heavy (non-hydrogen) atoms. The average Bonchev–Trinajstić information content (AvgIpc) is 2.84. The van der Waals surface area contributed by atoms with Gasteiger partial charge in [0.15, 0.2) is 0 Å². The van der Waals surface area contributed by atoms with Crippen LogP contribution in [0.25, 0.3) is 0 Å². The molecule has 0 radical (unpaired) electrons. The molecule has 0 fully saturated rings. The third-order valence-corrected chi connectivity index (χ3v) is 4.22. The molecule has 1 amide bonds. The highest BCUT2D eigenvalue weighted by Crippen LogP contribution is 2.17. The normalized spacial score (nSPS) is 13.6. The molecule has 6 heteroatoms. The summed E-state index contributed by atoms with van der Waals surface area (Å²) in [5.41, 5.74) is 3.71. The fourth-order valence-electron chi connectivity index (χ4n) is 2.45. The van der Waals surface area contributed by atoms with Crippen LogP contribution < -0.4 is 5.32 Å². The molecular weight excluding hydrogens is 314 g/mol. The Bertz CT molecular complexity index is 647. The summed E-state index contributed by atoms with van der Waals surface area (Å²) < 4.78 is 0. The minimum atomic E-state index is -0.749. The zero-order valence-electron chi connectivity index (χ0n) is 13.6. The number of aromatic nitrogens is 2. The van der Waals surface area contributed by atoms with Gasteiger partial charge >= 0.3 is 0 Å². The third-order valence-electron chi connectivity index (χ3n) is 3.96. The molecule has 0 saturated carbocycles. The van der Waals surface area contributed by atoms with Gasteiger partial charge in [0.2, 0.25) is 5.91 Å². The number of aryl methyl sites for hydroxylation is 2. The van der Waals surface area contributed by atoms with Crippen LogP contribution in [0.3, 0.4) is 0 Å². The van der Waals surface area contributed by atoms with E-state index >= 15 is 0 Å². The lowest BCUT2D eigenvalue weighted by Crippen LogP contribution is -2.33. The molecule has 1 aromatic heterocycles. The van der Waals surface area contributed by atoms with E-state index < -0.39 is 6.10 Å². The second-order valence-corrected chi connectivity index (χ2v) is 6.27. The second kappa shape index (κ2) is 7.62. The van der Waals surface area contributed by atoms with E-state index in [0.717, 1.165) is 22.5 Å². The number of rotatable bonds is 6. The first-order valence-electron chi connectivity index (χ1n) is 7.60. The van der Waals surface area contributed by atoms with Crippen molar-refractivity contribution < 1.29 is 9.90 Å². The second-order valence-electron chi connectivity index (χ2n) is 5.83. The predicted molar refractivity (Wildman–Crippen MR) is 90.4 cm³/mol. The lowest BCUT2D eigenvalue weighted by Gasteiger charge is -2.16. The van der Waals surface area contributed by atoms with Crippen molar-refractivity contribution in [1.82, 2.24) is 15.5 Å². The third kappa shape index (κ3) is 4.56. The van der Waals surface area contributed by atoms with Gasteiger partial charge in [0.25, 0.3) is 0 Å². The highest BCUT2D eigenvalue weighted by Gasteiger charge is 2.18. The number of benzene rings is 1. The summed E-state index contributed by atoms with van der Waals surface area (Å²) in [4.78, 5) is 12.2. The number of H-pyrrole nitrogens is 1. The topological polar surface area (TPSA) is 78.0 Å². The molecule has 3 N–H and O–H groups in total. The standard InChI is InChI=1S/C17H22ClN3O2/c1-10(8-15-11(2)20-21-12(15)3)17(23)19-9-16(22)13-4-6-14(18)7-5-13/h4-7,10,16,22H,8-9H2,1-3H3,(H,19,23)(H,20,21)/t10-,16-/m1/s1. The molecule has 0 saturated heterocycles. The van der Waals surface area contributed by atoms with Crippen molar-refractivity contribution in [2.75, 3.05) is 6.54 Å². The lowest BCUT2D eigenvalue weighted by molar-refractivity contribution is -0.124. The molecule has 0 bridgehead atoms. The average molecular weight is 336 g/mol. The summed E-state index contributed by atoms with van der Waals surface area (Å²) in [6.45, 7) is 5.92. The predicted octanol–water partition coefficient (Wildman–Crippen LogP) is 2.71. The maximum Gasteiger partial charge on any atom is 0.223 e. The van der Waals surface area contributed by atoms with Crippen molar-refractivity contribution in [3.8, 4) is 0 Å². The summed E-state index contributed by atoms with van der Waals surface area (Å²) in [7, 11) is 0. The Labute approximate surface area is 141 Å². The zero-order valence-corrected chi connectivity index (χ0v) is 14.3. The number of carbonyl (C=O) groups excluding carboxylic acids is 1. The Morgan fingerprint density at radius 2 is 2.00 bits per heavy atom. The highest BCUT2D eigenvalue weighted by atomic mass is 35.5. The van der Waals surface area contributed by atoms with Crippen molar-refractivity contribution in [1.29, 1.82) is 0 Å². The van der Waals surface area contributed by atoms with Crippen LogP contribution in [0.1, 0.15) is 35.5 Å². The van der Waals surface area contributed by atoms with Crippen molar-refractivity contribution in [2.24, 2.45) is 5.92 Å². The van der Waals surface area contributed by atoms with E-state index in [1.165, 1.54) is 0 Å². The van der Waals surface area contributed by atoms with Gasteiger partial charge in [-0.1, -0.05) is 30.7 Å². The van der Waals surface area contributed by atoms with E-state index in [1.807, 2.05) is 20.8 Å². The van der Waals surface area contributed by atoms with Gasteiger partial charge in [0.1, 0.15) is 0 Å². The van der Waals surface area contributed by atoms with Crippen LogP contribution in [-0.4, -0.2) is 27.8 Å². The van der Waals surface area contributed by atoms with Crippen LogP contribution in [0.2, 0.25) is 5.02 Å². The van der Waals surface area contributed by atoms with Gasteiger partial charge in [-0.05, 0) is 43.5 Å². The molecule has 0 aliphatic carbocycles. The van der Waals surface area contributed by atoms with Crippen LogP contribution in [0.15, 0.2) is 24.3 Å². The molecule has 2 aromatic rings. The quantitative estimate of drug-likeness (QED) is 0.759. The fraction of sp³-hybridized carbons (Fsp3) is 0.412. The molecule has 2 atom stereocenters. The number of nitrogens with one attached hydrogen (secondary N) is 2. The fourth-order valence-corrected chi connectivity index (χ4v) is 2.57. The van der Waals surface area contributed by atoms with E-state index in [-0.39, 0.29) is 18.4 Å². The minimum Gasteiger partial charge on any atom is -0.387 e. The van der Waals surface area contributed by atoms with Gasteiger partial charge in [-0.3, -0.25) is 9.89 Å². The summed E-state index contributed by atoms with van der Waals surface area (Å²) in [6.07, 6.45) is -0.127. The summed E-state index contributed by atoms with van der Waals surface area (Å²) in [6, 6.07) is 6.94. The van der Waals surface area contributed by atoms with Gasteiger partial charge < -0.3 is 10.4 Å². The largest absolute Gasteiger partial charge is 0.387 e. The molecule has 1 aromatic carbocycles. The monoisotopic (exact) mass is 335 g/mol. The van der Waals surface area contributed by atoms with Crippen LogP contribution >= 0.6 is 11.6 Å². The number of aromatic amines is 1. The molecule has 1 heterocycles. The number of aliphatic hydroxyl groups excluding tert-OH is 1. The first-order chi connectivity index (χ1) is 10.9. The SMILES string of the molecule is Cc1n[nH]c(C)c1C[C@@H](C)C(=O)NC[C@@H](O)c1ccc(Cl)cc1. The van der Waals surface area contributed by atoms with Crippen LogP contribution in [-0.2, 0) is 11.2 Å². The van der Waals surface area contributed by atoms with Crippen LogP contribution in [0, 0.1) is 19.8 Å². The Morgan fingerprint density at radius 1 is 1.35 bits per heavy atom. The van der Waals surface area contributed by atoms with Crippen molar-refractivity contribution >= 4 is 17.5 Å². The Morgan fingerprint density at radius 3 is 2.57 bits per heavy atom. The molecule has 5 nitrogen and oxygen atoms in total. The molecule has 124 valence electrons. The van der Waals surface area contributed by atoms with E-state index in [2.05, 4.69) is 15.5 Å². The molecule has 2 rings (SSSR count). The molecule has 0 unspecified atom stereocenters. The first-order valence-corrected chi connectivity index (χ1v) is 7.98. The highest BCUT2D eigenvalue weighted by molar-refractivity contribution is 6.30. The minimum absolute atomic E-state index is 0.0852. The van der Waals surface area contributed by atoms with Crippen molar-refractivity contribution in [3.05, 3.63) is 51.8 Å². The van der Waals surface area contributed by atoms with Gasteiger partial charge in [-0.2, -0.15) is 5.10 Å². The Hall–Kier alpha value is -1.85. The van der Waals surface area contributed by atoms with Crippen molar-refractivity contribution in [3.63, 3.8) is 0 Å². The smallest absolute Gasteiger partial charge is 0.223 e.